The van der Waals surface area contributed by atoms with Gasteiger partial charge in [0.25, 0.3) is 5.82 Å². The molecule has 4 heteroatoms. The average molecular weight is 334 g/mol. The second-order valence-electron chi connectivity index (χ2n) is 6.51. The molecule has 1 fully saturated rings. The van der Waals surface area contributed by atoms with Gasteiger partial charge in [0.1, 0.15) is 11.4 Å². The highest BCUT2D eigenvalue weighted by molar-refractivity contribution is 5.93. The number of hydrogen-bond donors (Lipinski definition) is 0. The third kappa shape index (κ3) is 2.88. The smallest absolute Gasteiger partial charge is 0.288 e. The van der Waals surface area contributed by atoms with Crippen molar-refractivity contribution in [3.63, 3.8) is 0 Å². The summed E-state index contributed by atoms with van der Waals surface area (Å²) in [7, 11) is 1.67. The van der Waals surface area contributed by atoms with Gasteiger partial charge in [-0.15, -0.1) is 0 Å². The second kappa shape index (κ2) is 6.63. The first-order chi connectivity index (χ1) is 12.3. The summed E-state index contributed by atoms with van der Waals surface area (Å²) in [6.45, 7) is 1.86. The Morgan fingerprint density at radius 2 is 1.72 bits per heavy atom. The number of pyridine rings is 1. The van der Waals surface area contributed by atoms with Crippen molar-refractivity contribution in [1.82, 2.24) is 0 Å². The van der Waals surface area contributed by atoms with Crippen LogP contribution >= 0.6 is 0 Å². The van der Waals surface area contributed by atoms with Crippen LogP contribution in [0.25, 0.3) is 22.0 Å². The van der Waals surface area contributed by atoms with Crippen molar-refractivity contribution in [3.8, 4) is 17.0 Å². The molecule has 2 aromatic carbocycles. The van der Waals surface area contributed by atoms with Crippen molar-refractivity contribution >= 4 is 16.6 Å². The van der Waals surface area contributed by atoms with Crippen LogP contribution in [0.15, 0.2) is 54.6 Å². The van der Waals surface area contributed by atoms with Crippen molar-refractivity contribution < 1.29 is 9.47 Å². The van der Waals surface area contributed by atoms with Crippen LogP contribution in [-0.4, -0.2) is 20.2 Å². The third-order valence-electron chi connectivity index (χ3n) is 4.93. The first kappa shape index (κ1) is 15.8. The monoisotopic (exact) mass is 334 g/mol. The molecule has 1 aliphatic rings. The molecule has 0 amide bonds. The molecular weight excluding hydrogens is 312 g/mol. The summed E-state index contributed by atoms with van der Waals surface area (Å²) in [5.41, 5.74) is 1.61. The van der Waals surface area contributed by atoms with E-state index >= 15 is 0 Å². The summed E-state index contributed by atoms with van der Waals surface area (Å²) in [4.78, 5) is 2.23. The molecular formula is C21H22N2O2. The van der Waals surface area contributed by atoms with E-state index in [1.54, 1.807) is 7.11 Å². The van der Waals surface area contributed by atoms with Gasteiger partial charge >= 0.3 is 0 Å². The minimum atomic E-state index is 0.682. The van der Waals surface area contributed by atoms with Gasteiger partial charge in [0.05, 0.1) is 25.6 Å². The summed E-state index contributed by atoms with van der Waals surface area (Å²) in [6.07, 6.45) is 3.50. The average Bonchev–Trinajstić information content (AvgIpc) is 2.68. The maximum absolute atomic E-state index is 13.3. The first-order valence-electron chi connectivity index (χ1n) is 8.82. The van der Waals surface area contributed by atoms with Crippen LogP contribution in [0.5, 0.6) is 5.75 Å². The van der Waals surface area contributed by atoms with Crippen molar-refractivity contribution in [2.45, 2.75) is 19.3 Å². The van der Waals surface area contributed by atoms with Crippen LogP contribution in [0.4, 0.5) is 5.82 Å². The highest BCUT2D eigenvalue weighted by atomic mass is 16.5. The van der Waals surface area contributed by atoms with E-state index in [0.717, 1.165) is 58.6 Å². The molecule has 0 unspecified atom stereocenters. The van der Waals surface area contributed by atoms with Gasteiger partial charge in [0, 0.05) is 5.56 Å². The molecule has 0 atom stereocenters. The fourth-order valence-electron chi connectivity index (χ4n) is 3.63. The normalized spacial score (nSPS) is 14.7. The number of fused-ring (bicyclic) bond motifs is 1. The maximum Gasteiger partial charge on any atom is 0.288 e. The minimum Gasteiger partial charge on any atom is -0.710 e. The molecule has 1 saturated heterocycles. The van der Waals surface area contributed by atoms with Gasteiger partial charge in [-0.25, -0.2) is 4.73 Å². The number of anilines is 1. The lowest BCUT2D eigenvalue weighted by Crippen LogP contribution is -2.42. The molecule has 0 radical (unpaired) electrons. The molecule has 0 spiro atoms. The van der Waals surface area contributed by atoms with Gasteiger partial charge in [-0.05, 0) is 48.9 Å². The Hall–Kier alpha value is -2.75. The predicted octanol–water partition coefficient (Wildman–Crippen LogP) is 4.14. The number of methoxy groups -OCH3 is 1. The topological polar surface area (TPSA) is 39.4 Å². The summed E-state index contributed by atoms with van der Waals surface area (Å²) in [6, 6.07) is 17.8. The Kier molecular flexibility index (Phi) is 4.18. The van der Waals surface area contributed by atoms with Crippen molar-refractivity contribution in [2.24, 2.45) is 0 Å². The zero-order chi connectivity index (χ0) is 17.2. The second-order valence-corrected chi connectivity index (χ2v) is 6.51. The molecule has 4 nitrogen and oxygen atoms in total. The number of aromatic nitrogens is 1. The predicted molar refractivity (Wildman–Crippen MR) is 101 cm³/mol. The largest absolute Gasteiger partial charge is 0.710 e. The number of nitrogens with zero attached hydrogens (tertiary/aromatic N) is 2. The van der Waals surface area contributed by atoms with E-state index in [2.05, 4.69) is 4.90 Å². The quantitative estimate of drug-likeness (QED) is 0.534. The zero-order valence-corrected chi connectivity index (χ0v) is 14.4. The maximum atomic E-state index is 13.3. The fraction of sp³-hybridized carbons (Fsp3) is 0.286. The first-order valence-corrected chi connectivity index (χ1v) is 8.82. The van der Waals surface area contributed by atoms with Crippen LogP contribution in [0, 0.1) is 5.21 Å². The SMILES string of the molecule is COc1ccc2c(N3CCCCC3)[n+]([O-])c(-c3ccccc3)cc2c1. The molecule has 1 aromatic heterocycles. The Morgan fingerprint density at radius 1 is 0.960 bits per heavy atom. The highest BCUT2D eigenvalue weighted by Crippen LogP contribution is 2.32. The van der Waals surface area contributed by atoms with Gasteiger partial charge in [-0.2, -0.15) is 0 Å². The van der Waals surface area contributed by atoms with Crippen LogP contribution in [0.2, 0.25) is 0 Å². The van der Waals surface area contributed by atoms with E-state index in [1.807, 2.05) is 54.6 Å². The van der Waals surface area contributed by atoms with Crippen molar-refractivity contribution in [1.29, 1.82) is 0 Å². The molecule has 3 aromatic rings. The Morgan fingerprint density at radius 3 is 2.44 bits per heavy atom. The molecule has 0 bridgehead atoms. The summed E-state index contributed by atoms with van der Waals surface area (Å²) in [5, 5.41) is 15.3. The van der Waals surface area contributed by atoms with Gasteiger partial charge < -0.3 is 9.94 Å². The number of piperidine rings is 1. The van der Waals surface area contributed by atoms with Gasteiger partial charge in [0.2, 0.25) is 0 Å². The fourth-order valence-corrected chi connectivity index (χ4v) is 3.63. The van der Waals surface area contributed by atoms with Gasteiger partial charge in [0.15, 0.2) is 0 Å². The highest BCUT2D eigenvalue weighted by Gasteiger charge is 2.25. The van der Waals surface area contributed by atoms with Crippen LogP contribution in [0.3, 0.4) is 0 Å². The molecule has 0 saturated carbocycles. The Bertz CT molecular complexity index is 887. The summed E-state index contributed by atoms with van der Waals surface area (Å²) < 4.78 is 6.49. The standard InChI is InChI=1S/C21H22N2O2/c1-25-18-10-11-19-17(14-18)15-20(16-8-4-2-5-9-16)23(24)21(19)22-12-6-3-7-13-22/h2,4-5,8-11,14-15H,3,6-7,12-13H2,1H3. The molecule has 1 aliphatic heterocycles. The number of benzene rings is 2. The van der Waals surface area contributed by atoms with Crippen LogP contribution < -0.4 is 14.4 Å². The third-order valence-corrected chi connectivity index (χ3v) is 4.93. The van der Waals surface area contributed by atoms with Crippen LogP contribution in [0.1, 0.15) is 19.3 Å². The lowest BCUT2D eigenvalue weighted by Gasteiger charge is -2.27. The summed E-state index contributed by atoms with van der Waals surface area (Å²) in [5.74, 6) is 1.57. The van der Waals surface area contributed by atoms with Crippen molar-refractivity contribution in [3.05, 3.63) is 59.8 Å². The van der Waals surface area contributed by atoms with Gasteiger partial charge in [-0.3, -0.25) is 4.90 Å². The molecule has 0 N–H and O–H groups in total. The number of rotatable bonds is 3. The minimum absolute atomic E-state index is 0.682. The molecule has 25 heavy (non-hydrogen) atoms. The van der Waals surface area contributed by atoms with E-state index < -0.39 is 0 Å². The van der Waals surface area contributed by atoms with E-state index in [-0.39, 0.29) is 0 Å². The lowest BCUT2D eigenvalue weighted by atomic mass is 10.0. The molecule has 128 valence electrons. The molecule has 2 heterocycles. The van der Waals surface area contributed by atoms with E-state index in [9.17, 15) is 5.21 Å². The van der Waals surface area contributed by atoms with E-state index in [1.165, 1.54) is 6.42 Å². The number of ether oxygens (including phenoxy) is 1. The number of hydrogen-bond acceptors (Lipinski definition) is 3. The molecule has 0 aliphatic carbocycles. The Balaban J connectivity index is 1.97. The molecule has 4 rings (SSSR count). The van der Waals surface area contributed by atoms with Crippen molar-refractivity contribution in [2.75, 3.05) is 25.1 Å². The Labute approximate surface area is 147 Å². The zero-order valence-electron chi connectivity index (χ0n) is 14.4. The lowest BCUT2D eigenvalue weighted by molar-refractivity contribution is -0.579. The van der Waals surface area contributed by atoms with E-state index in [0.29, 0.717) is 5.69 Å². The van der Waals surface area contributed by atoms with Crippen LogP contribution in [-0.2, 0) is 0 Å². The summed E-state index contributed by atoms with van der Waals surface area (Å²) >= 11 is 0. The van der Waals surface area contributed by atoms with E-state index in [4.69, 9.17) is 4.74 Å². The van der Waals surface area contributed by atoms with Gasteiger partial charge in [-0.1, -0.05) is 30.3 Å².